The molecule has 0 heterocycles. The Morgan fingerprint density at radius 3 is 2.44 bits per heavy atom. The fourth-order valence-corrected chi connectivity index (χ4v) is 1.74. The first-order valence-electron chi connectivity index (χ1n) is 6.18. The lowest BCUT2D eigenvalue weighted by Gasteiger charge is -2.11. The third-order valence-electron chi connectivity index (χ3n) is 2.97. The molecule has 0 radical (unpaired) electrons. The average Bonchev–Trinajstić information content (AvgIpc) is 2.43. The van der Waals surface area contributed by atoms with Gasteiger partial charge in [-0.05, 0) is 30.5 Å². The van der Waals surface area contributed by atoms with Crippen molar-refractivity contribution < 1.29 is 5.11 Å². The zero-order chi connectivity index (χ0) is 13.5. The largest absolute Gasteiger partial charge is 0.494 e. The third kappa shape index (κ3) is 3.37. The fraction of sp³-hybridized carbons (Fsp3) is 0.333. The topological polar surface area (TPSA) is 58.3 Å². The van der Waals surface area contributed by atoms with E-state index < -0.39 is 0 Å². The Hall–Kier alpha value is -1.74. The van der Waals surface area contributed by atoms with Crippen molar-refractivity contribution in [3.05, 3.63) is 53.4 Å². The van der Waals surface area contributed by atoms with Gasteiger partial charge in [0.15, 0.2) is 5.88 Å². The van der Waals surface area contributed by atoms with E-state index in [1.165, 1.54) is 5.56 Å². The molecule has 98 valence electrons. The molecule has 0 saturated carbocycles. The number of nitrogens with one attached hydrogen (secondary N) is 1. The van der Waals surface area contributed by atoms with Crippen LogP contribution in [0.15, 0.2) is 42.3 Å². The van der Waals surface area contributed by atoms with E-state index in [-0.39, 0.29) is 5.88 Å². The monoisotopic (exact) mass is 246 g/mol. The SMILES string of the molecule is C/C=C\C(=C(\O)NC)c1ccc(C(C)CN)cc1. The van der Waals surface area contributed by atoms with Crippen LogP contribution in [0.4, 0.5) is 0 Å². The van der Waals surface area contributed by atoms with Crippen molar-refractivity contribution >= 4 is 5.57 Å². The van der Waals surface area contributed by atoms with Gasteiger partial charge in [0.1, 0.15) is 0 Å². The van der Waals surface area contributed by atoms with E-state index in [1.807, 2.05) is 31.2 Å². The van der Waals surface area contributed by atoms with Gasteiger partial charge in [0, 0.05) is 12.6 Å². The summed E-state index contributed by atoms with van der Waals surface area (Å²) < 4.78 is 0. The van der Waals surface area contributed by atoms with Crippen LogP contribution in [0.1, 0.15) is 30.9 Å². The number of aliphatic hydroxyl groups is 1. The molecule has 0 aliphatic heterocycles. The van der Waals surface area contributed by atoms with Crippen molar-refractivity contribution in [3.63, 3.8) is 0 Å². The van der Waals surface area contributed by atoms with Gasteiger partial charge in [0.05, 0.1) is 0 Å². The van der Waals surface area contributed by atoms with E-state index in [9.17, 15) is 5.11 Å². The van der Waals surface area contributed by atoms with Gasteiger partial charge in [-0.2, -0.15) is 0 Å². The Kier molecular flexibility index (Phi) is 5.46. The van der Waals surface area contributed by atoms with Gasteiger partial charge in [-0.3, -0.25) is 0 Å². The highest BCUT2D eigenvalue weighted by molar-refractivity contribution is 5.75. The molecule has 3 heteroatoms. The zero-order valence-electron chi connectivity index (χ0n) is 11.3. The molecule has 4 N–H and O–H groups in total. The molecule has 0 spiro atoms. The van der Waals surface area contributed by atoms with Gasteiger partial charge < -0.3 is 16.2 Å². The molecule has 0 aliphatic carbocycles. The van der Waals surface area contributed by atoms with Crippen LogP contribution in [0, 0.1) is 0 Å². The fourth-order valence-electron chi connectivity index (χ4n) is 1.74. The maximum atomic E-state index is 9.82. The summed E-state index contributed by atoms with van der Waals surface area (Å²) in [6.07, 6.45) is 3.78. The Morgan fingerprint density at radius 1 is 1.39 bits per heavy atom. The van der Waals surface area contributed by atoms with Crippen molar-refractivity contribution in [1.29, 1.82) is 0 Å². The normalized spacial score (nSPS) is 14.4. The number of rotatable bonds is 5. The van der Waals surface area contributed by atoms with Gasteiger partial charge in [-0.1, -0.05) is 43.3 Å². The van der Waals surface area contributed by atoms with Gasteiger partial charge in [0.25, 0.3) is 0 Å². The number of nitrogens with two attached hydrogens (primary N) is 1. The van der Waals surface area contributed by atoms with Crippen molar-refractivity contribution in [2.45, 2.75) is 19.8 Å². The van der Waals surface area contributed by atoms with Crippen LogP contribution in [0.2, 0.25) is 0 Å². The number of allylic oxidation sites excluding steroid dienone is 3. The Bertz CT molecular complexity index is 432. The highest BCUT2D eigenvalue weighted by Gasteiger charge is 2.07. The van der Waals surface area contributed by atoms with E-state index in [2.05, 4.69) is 24.4 Å². The molecule has 0 fully saturated rings. The lowest BCUT2D eigenvalue weighted by atomic mass is 9.97. The van der Waals surface area contributed by atoms with Gasteiger partial charge >= 0.3 is 0 Å². The lowest BCUT2D eigenvalue weighted by molar-refractivity contribution is 0.380. The molecule has 0 aromatic heterocycles. The van der Waals surface area contributed by atoms with Crippen LogP contribution in [0.5, 0.6) is 0 Å². The van der Waals surface area contributed by atoms with Crippen molar-refractivity contribution in [2.24, 2.45) is 5.73 Å². The third-order valence-corrected chi connectivity index (χ3v) is 2.97. The maximum absolute atomic E-state index is 9.82. The summed E-state index contributed by atoms with van der Waals surface area (Å²) in [6, 6.07) is 8.12. The smallest absolute Gasteiger partial charge is 0.191 e. The molecule has 18 heavy (non-hydrogen) atoms. The van der Waals surface area contributed by atoms with Crippen molar-refractivity contribution in [1.82, 2.24) is 5.32 Å². The standard InChI is InChI=1S/C15H22N2O/c1-4-5-14(15(18)17-3)13-8-6-12(7-9-13)11(2)10-16/h4-9,11,17-18H,10,16H2,1-3H3/b5-4-,15-14-. The molecule has 1 rings (SSSR count). The Balaban J connectivity index is 3.09. The minimum Gasteiger partial charge on any atom is -0.494 e. The van der Waals surface area contributed by atoms with Crippen LogP contribution in [-0.2, 0) is 0 Å². The zero-order valence-corrected chi connectivity index (χ0v) is 11.3. The summed E-state index contributed by atoms with van der Waals surface area (Å²) in [4.78, 5) is 0. The van der Waals surface area contributed by atoms with E-state index in [0.717, 1.165) is 11.1 Å². The summed E-state index contributed by atoms with van der Waals surface area (Å²) >= 11 is 0. The van der Waals surface area contributed by atoms with Crippen molar-refractivity contribution in [2.75, 3.05) is 13.6 Å². The second-order valence-electron chi connectivity index (χ2n) is 4.27. The highest BCUT2D eigenvalue weighted by atomic mass is 16.3. The van der Waals surface area contributed by atoms with Gasteiger partial charge in [0.2, 0.25) is 0 Å². The van der Waals surface area contributed by atoms with Gasteiger partial charge in [-0.25, -0.2) is 0 Å². The van der Waals surface area contributed by atoms with Gasteiger partial charge in [-0.15, -0.1) is 0 Å². The highest BCUT2D eigenvalue weighted by Crippen LogP contribution is 2.21. The molecule has 0 saturated heterocycles. The quantitative estimate of drug-likeness (QED) is 0.553. The van der Waals surface area contributed by atoms with E-state index >= 15 is 0 Å². The minimum atomic E-state index is 0.174. The number of hydrogen-bond donors (Lipinski definition) is 3. The molecule has 1 atom stereocenters. The van der Waals surface area contributed by atoms with E-state index in [1.54, 1.807) is 7.05 Å². The Labute approximate surface area is 109 Å². The maximum Gasteiger partial charge on any atom is 0.191 e. The molecule has 0 aliphatic rings. The predicted molar refractivity (Wildman–Crippen MR) is 77.3 cm³/mol. The van der Waals surface area contributed by atoms with Crippen LogP contribution < -0.4 is 11.1 Å². The summed E-state index contributed by atoms with van der Waals surface area (Å²) in [5.41, 5.74) is 8.63. The van der Waals surface area contributed by atoms with E-state index in [4.69, 9.17) is 5.73 Å². The number of aliphatic hydroxyl groups excluding tert-OH is 1. The molecule has 1 aromatic carbocycles. The predicted octanol–water partition coefficient (Wildman–Crippen LogP) is 2.77. The van der Waals surface area contributed by atoms with Crippen LogP contribution in [-0.4, -0.2) is 18.7 Å². The molecular formula is C15H22N2O. The van der Waals surface area contributed by atoms with Crippen molar-refractivity contribution in [3.8, 4) is 0 Å². The summed E-state index contributed by atoms with van der Waals surface area (Å²) in [5, 5.41) is 12.6. The van der Waals surface area contributed by atoms with Crippen LogP contribution in [0.3, 0.4) is 0 Å². The molecule has 1 unspecified atom stereocenters. The summed E-state index contributed by atoms with van der Waals surface area (Å²) in [6.45, 7) is 4.66. The number of benzene rings is 1. The van der Waals surface area contributed by atoms with Crippen LogP contribution in [0.25, 0.3) is 5.57 Å². The Morgan fingerprint density at radius 2 is 2.00 bits per heavy atom. The molecule has 0 amide bonds. The summed E-state index contributed by atoms with van der Waals surface area (Å²) in [5.74, 6) is 0.527. The average molecular weight is 246 g/mol. The first-order chi connectivity index (χ1) is 8.63. The first-order valence-corrected chi connectivity index (χ1v) is 6.18. The molecule has 1 aromatic rings. The van der Waals surface area contributed by atoms with Crippen LogP contribution >= 0.6 is 0 Å². The number of hydrogen-bond acceptors (Lipinski definition) is 3. The van der Waals surface area contributed by atoms with E-state index in [0.29, 0.717) is 12.5 Å². The lowest BCUT2D eigenvalue weighted by Crippen LogP contribution is -2.09. The second kappa shape index (κ2) is 6.87. The minimum absolute atomic E-state index is 0.174. The molecular weight excluding hydrogens is 224 g/mol. The second-order valence-corrected chi connectivity index (χ2v) is 4.27. The molecule has 3 nitrogen and oxygen atoms in total. The summed E-state index contributed by atoms with van der Waals surface area (Å²) in [7, 11) is 1.70. The molecule has 0 bridgehead atoms. The first kappa shape index (κ1) is 14.3.